The maximum absolute atomic E-state index is 13.3. The van der Waals surface area contributed by atoms with Crippen molar-refractivity contribution < 1.29 is 19.5 Å². The number of aromatic nitrogens is 2. The second-order valence-electron chi connectivity index (χ2n) is 8.66. The number of para-hydroxylation sites is 2. The maximum atomic E-state index is 13.3. The van der Waals surface area contributed by atoms with Crippen LogP contribution >= 0.6 is 0 Å². The van der Waals surface area contributed by atoms with E-state index in [4.69, 9.17) is 14.6 Å². The Morgan fingerprint density at radius 3 is 2.80 bits per heavy atom. The molecule has 0 spiro atoms. The van der Waals surface area contributed by atoms with E-state index < -0.39 is 11.6 Å². The van der Waals surface area contributed by atoms with Crippen molar-refractivity contribution in [2.24, 2.45) is 5.16 Å². The Hall–Kier alpha value is -4.30. The Balaban J connectivity index is 1.47. The molecule has 0 amide bonds. The molecule has 4 aromatic rings. The summed E-state index contributed by atoms with van der Waals surface area (Å²) in [6.45, 7) is 1.89. The topological polar surface area (TPSA) is 103 Å². The third kappa shape index (κ3) is 3.25. The number of carbonyl (C=O) groups excluding carboxylic acids is 1. The molecule has 8 nitrogen and oxygen atoms in total. The van der Waals surface area contributed by atoms with Crippen LogP contribution in [0.25, 0.3) is 22.3 Å². The van der Waals surface area contributed by atoms with E-state index in [9.17, 15) is 14.7 Å². The van der Waals surface area contributed by atoms with E-state index in [0.29, 0.717) is 40.3 Å². The van der Waals surface area contributed by atoms with Crippen LogP contribution < -0.4 is 10.4 Å². The van der Waals surface area contributed by atoms with Crippen molar-refractivity contribution in [2.75, 3.05) is 0 Å². The summed E-state index contributed by atoms with van der Waals surface area (Å²) in [7, 11) is 0. The molecule has 174 valence electrons. The van der Waals surface area contributed by atoms with Gasteiger partial charge in [-0.15, -0.1) is 0 Å². The molecule has 6 rings (SSSR count). The Morgan fingerprint density at radius 2 is 2.00 bits per heavy atom. The van der Waals surface area contributed by atoms with Gasteiger partial charge in [0.2, 0.25) is 0 Å². The molecular weight excluding hydrogens is 446 g/mol. The van der Waals surface area contributed by atoms with Gasteiger partial charge in [-0.05, 0) is 30.7 Å². The number of pyridine rings is 2. The molecule has 1 atom stereocenters. The van der Waals surface area contributed by atoms with E-state index in [1.807, 2.05) is 54.6 Å². The smallest absolute Gasteiger partial charge is 0.343 e. The van der Waals surface area contributed by atoms with E-state index in [-0.39, 0.29) is 18.6 Å². The second kappa shape index (κ2) is 7.89. The first-order valence-electron chi connectivity index (χ1n) is 11.3. The lowest BCUT2D eigenvalue weighted by Gasteiger charge is -2.31. The number of hydrogen-bond donors (Lipinski definition) is 1. The van der Waals surface area contributed by atoms with E-state index >= 15 is 0 Å². The number of cyclic esters (lactones) is 1. The van der Waals surface area contributed by atoms with Crippen molar-refractivity contribution >= 4 is 23.1 Å². The van der Waals surface area contributed by atoms with Gasteiger partial charge in [-0.2, -0.15) is 0 Å². The maximum Gasteiger partial charge on any atom is 0.343 e. The van der Waals surface area contributed by atoms with Gasteiger partial charge in [0.15, 0.2) is 11.4 Å². The van der Waals surface area contributed by atoms with Crippen LogP contribution in [0.2, 0.25) is 0 Å². The fourth-order valence-corrected chi connectivity index (χ4v) is 4.76. The summed E-state index contributed by atoms with van der Waals surface area (Å²) >= 11 is 0. The highest BCUT2D eigenvalue weighted by atomic mass is 16.6. The Labute approximate surface area is 200 Å². The molecule has 2 aromatic heterocycles. The number of esters is 1. The molecule has 2 aliphatic heterocycles. The number of carbonyl (C=O) groups is 1. The SMILES string of the molecule is CC[C@@]1(O)C(=O)OCc2c1cc1n(c2=O)Cc2cc3cccc(/C=N/Oc4ccccc4)c3nc2-1. The summed E-state index contributed by atoms with van der Waals surface area (Å²) < 4.78 is 6.75. The Morgan fingerprint density at radius 1 is 1.17 bits per heavy atom. The molecule has 1 N–H and O–H groups in total. The second-order valence-corrected chi connectivity index (χ2v) is 8.66. The number of fused-ring (bicyclic) bond motifs is 5. The number of hydrogen-bond acceptors (Lipinski definition) is 7. The number of aliphatic hydroxyl groups is 1. The average Bonchev–Trinajstić information content (AvgIpc) is 3.24. The zero-order chi connectivity index (χ0) is 24.2. The molecule has 0 saturated heterocycles. The van der Waals surface area contributed by atoms with Crippen LogP contribution in [0.15, 0.2) is 70.6 Å². The summed E-state index contributed by atoms with van der Waals surface area (Å²) in [5, 5.41) is 16.0. The Kier molecular flexibility index (Phi) is 4.79. The van der Waals surface area contributed by atoms with Gasteiger partial charge in [0.1, 0.15) is 6.61 Å². The number of rotatable bonds is 4. The molecule has 0 fully saturated rings. The minimum absolute atomic E-state index is 0.0990. The van der Waals surface area contributed by atoms with Crippen LogP contribution in [0.1, 0.15) is 35.6 Å². The molecule has 0 unspecified atom stereocenters. The van der Waals surface area contributed by atoms with Crippen LogP contribution in [0.3, 0.4) is 0 Å². The lowest BCUT2D eigenvalue weighted by Crippen LogP contribution is -2.44. The highest BCUT2D eigenvalue weighted by Crippen LogP contribution is 2.38. The third-order valence-corrected chi connectivity index (χ3v) is 6.66. The van der Waals surface area contributed by atoms with Crippen LogP contribution in [0.5, 0.6) is 5.75 Å². The molecular formula is C27H21N3O5. The number of benzene rings is 2. The highest BCUT2D eigenvalue weighted by molar-refractivity contribution is 5.98. The zero-order valence-corrected chi connectivity index (χ0v) is 18.9. The molecule has 35 heavy (non-hydrogen) atoms. The summed E-state index contributed by atoms with van der Waals surface area (Å²) in [6.07, 6.45) is 1.71. The molecule has 0 radical (unpaired) electrons. The van der Waals surface area contributed by atoms with E-state index in [0.717, 1.165) is 16.5 Å². The molecule has 2 aliphatic rings. The van der Waals surface area contributed by atoms with Gasteiger partial charge in [-0.3, -0.25) is 4.79 Å². The summed E-state index contributed by atoms with van der Waals surface area (Å²) in [5.74, 6) is -0.115. The highest BCUT2D eigenvalue weighted by Gasteiger charge is 2.45. The first-order valence-corrected chi connectivity index (χ1v) is 11.3. The van der Waals surface area contributed by atoms with Gasteiger partial charge < -0.3 is 19.2 Å². The van der Waals surface area contributed by atoms with Gasteiger partial charge >= 0.3 is 5.97 Å². The average molecular weight is 467 g/mol. The number of ether oxygens (including phenoxy) is 1. The fourth-order valence-electron chi connectivity index (χ4n) is 4.76. The number of nitrogens with zero attached hydrogens (tertiary/aromatic N) is 3. The third-order valence-electron chi connectivity index (χ3n) is 6.66. The van der Waals surface area contributed by atoms with Crippen molar-refractivity contribution in [3.63, 3.8) is 0 Å². The molecule has 4 heterocycles. The summed E-state index contributed by atoms with van der Waals surface area (Å²) in [6, 6.07) is 18.7. The lowest BCUT2D eigenvalue weighted by molar-refractivity contribution is -0.172. The molecule has 0 bridgehead atoms. The minimum atomic E-state index is -1.85. The predicted octanol–water partition coefficient (Wildman–Crippen LogP) is 3.49. The van der Waals surface area contributed by atoms with Gasteiger partial charge in [0.05, 0.1) is 35.2 Å². The minimum Gasteiger partial charge on any atom is -0.458 e. The lowest BCUT2D eigenvalue weighted by atomic mass is 9.86. The van der Waals surface area contributed by atoms with Crippen molar-refractivity contribution in [3.8, 4) is 17.1 Å². The van der Waals surface area contributed by atoms with Gasteiger partial charge in [0.25, 0.3) is 5.56 Å². The van der Waals surface area contributed by atoms with Crippen molar-refractivity contribution in [3.05, 3.63) is 93.3 Å². The zero-order valence-electron chi connectivity index (χ0n) is 18.9. The molecule has 0 saturated carbocycles. The van der Waals surface area contributed by atoms with Crippen LogP contribution in [0.4, 0.5) is 0 Å². The van der Waals surface area contributed by atoms with Crippen molar-refractivity contribution in [1.82, 2.24) is 9.55 Å². The van der Waals surface area contributed by atoms with E-state index in [2.05, 4.69) is 5.16 Å². The van der Waals surface area contributed by atoms with E-state index in [1.165, 1.54) is 0 Å². The van der Waals surface area contributed by atoms with Gasteiger partial charge in [0, 0.05) is 22.1 Å². The standard InChI is InChI=1S/C27H21N3O5/c1-2-27(33)21-12-22-24-18(14-30(22)25(31)20(21)15-34-26(27)32)11-16-7-6-8-17(23(16)29-24)13-28-35-19-9-4-3-5-10-19/h3-13,33H,2,14-15H2,1H3/b28-13+/t27-/m0/s1. The van der Waals surface area contributed by atoms with Gasteiger partial charge in [-0.25, -0.2) is 9.78 Å². The number of oxime groups is 1. The monoisotopic (exact) mass is 467 g/mol. The quantitative estimate of drug-likeness (QED) is 0.247. The first kappa shape index (κ1) is 21.2. The summed E-state index contributed by atoms with van der Waals surface area (Å²) in [4.78, 5) is 36.0. The molecule has 8 heteroatoms. The Bertz CT molecular complexity index is 1590. The molecule has 0 aliphatic carbocycles. The first-order chi connectivity index (χ1) is 17.0. The fraction of sp³-hybridized carbons (Fsp3) is 0.185. The van der Waals surface area contributed by atoms with E-state index in [1.54, 1.807) is 23.8 Å². The van der Waals surface area contributed by atoms with Gasteiger partial charge in [-0.1, -0.05) is 48.5 Å². The van der Waals surface area contributed by atoms with Crippen molar-refractivity contribution in [1.29, 1.82) is 0 Å². The van der Waals surface area contributed by atoms with Crippen LogP contribution in [-0.4, -0.2) is 26.8 Å². The van der Waals surface area contributed by atoms with Crippen molar-refractivity contribution in [2.45, 2.75) is 32.1 Å². The van der Waals surface area contributed by atoms with Crippen LogP contribution in [0, 0.1) is 0 Å². The predicted molar refractivity (Wildman–Crippen MR) is 129 cm³/mol. The largest absolute Gasteiger partial charge is 0.458 e. The molecule has 2 aromatic carbocycles. The summed E-state index contributed by atoms with van der Waals surface area (Å²) in [5.41, 5.74) is 2.03. The normalized spacial score (nSPS) is 18.3. The van der Waals surface area contributed by atoms with Crippen LogP contribution in [-0.2, 0) is 28.3 Å².